The van der Waals surface area contributed by atoms with E-state index in [-0.39, 0.29) is 11.9 Å². The first kappa shape index (κ1) is 14.1. The summed E-state index contributed by atoms with van der Waals surface area (Å²) >= 11 is 5.43. The summed E-state index contributed by atoms with van der Waals surface area (Å²) in [5.74, 6) is 0.952. The molecule has 1 aromatic carbocycles. The van der Waals surface area contributed by atoms with E-state index >= 15 is 0 Å². The molecule has 21 heavy (non-hydrogen) atoms. The van der Waals surface area contributed by atoms with Crippen LogP contribution >= 0.6 is 12.2 Å². The van der Waals surface area contributed by atoms with E-state index in [2.05, 4.69) is 17.2 Å². The average Bonchev–Trinajstić information content (AvgIpc) is 3.02. The lowest BCUT2D eigenvalue weighted by Gasteiger charge is -2.12. The number of carbonyl (C=O) groups excluding carboxylic acids is 1. The Morgan fingerprint density at radius 3 is 3.05 bits per heavy atom. The van der Waals surface area contributed by atoms with Crippen LogP contribution in [0, 0.1) is 4.77 Å². The minimum Gasteiger partial charge on any atom is -0.491 e. The Labute approximate surface area is 128 Å². The number of nitrogens with one attached hydrogen (secondary N) is 2. The molecule has 1 amide bonds. The van der Waals surface area contributed by atoms with Gasteiger partial charge in [-0.05, 0) is 37.2 Å². The molecule has 112 valence electrons. The topological polar surface area (TPSA) is 59.0 Å². The first-order valence-corrected chi connectivity index (χ1v) is 7.73. The van der Waals surface area contributed by atoms with Crippen molar-refractivity contribution in [2.45, 2.75) is 38.8 Å². The molecule has 1 atom stereocenters. The number of benzene rings is 1. The van der Waals surface area contributed by atoms with Gasteiger partial charge in [0, 0.05) is 19.0 Å². The first-order chi connectivity index (χ1) is 10.2. The zero-order valence-corrected chi connectivity index (χ0v) is 12.8. The minimum atomic E-state index is 0.123. The smallest absolute Gasteiger partial charge is 0.220 e. The summed E-state index contributed by atoms with van der Waals surface area (Å²) in [5.41, 5.74) is 1.95. The number of hydrogen-bond acceptors (Lipinski definition) is 3. The second-order valence-electron chi connectivity index (χ2n) is 5.34. The Kier molecular flexibility index (Phi) is 3.96. The lowest BCUT2D eigenvalue weighted by molar-refractivity contribution is -0.119. The van der Waals surface area contributed by atoms with Crippen LogP contribution in [0.15, 0.2) is 18.2 Å². The first-order valence-electron chi connectivity index (χ1n) is 7.32. The Balaban J connectivity index is 1.93. The maximum Gasteiger partial charge on any atom is 0.220 e. The normalized spacial score (nSPS) is 18.1. The van der Waals surface area contributed by atoms with E-state index in [0.717, 1.165) is 29.6 Å². The van der Waals surface area contributed by atoms with Gasteiger partial charge in [0.2, 0.25) is 5.91 Å². The van der Waals surface area contributed by atoms with Crippen LogP contribution in [-0.4, -0.2) is 28.1 Å². The number of nitrogens with zero attached hydrogens (tertiary/aromatic N) is 1. The molecule has 1 aliphatic heterocycles. The van der Waals surface area contributed by atoms with Crippen LogP contribution in [-0.2, 0) is 11.3 Å². The van der Waals surface area contributed by atoms with Crippen LogP contribution in [0.25, 0.3) is 11.0 Å². The molecular formula is C15H19N3O2S. The van der Waals surface area contributed by atoms with E-state index in [0.29, 0.717) is 24.3 Å². The van der Waals surface area contributed by atoms with Crippen molar-refractivity contribution in [1.82, 2.24) is 14.9 Å². The number of rotatable bonds is 5. The van der Waals surface area contributed by atoms with Crippen molar-refractivity contribution in [3.8, 4) is 5.75 Å². The molecule has 1 aromatic heterocycles. The molecule has 1 unspecified atom stereocenters. The SMILES string of the molecule is CCCOc1cccc2c1[nH]c(=S)n2CC1CCC(=O)N1. The third kappa shape index (κ3) is 2.81. The molecule has 0 aliphatic carbocycles. The Hall–Kier alpha value is -1.82. The molecule has 1 saturated heterocycles. The third-order valence-electron chi connectivity index (χ3n) is 3.72. The van der Waals surface area contributed by atoms with Gasteiger partial charge in [-0.15, -0.1) is 0 Å². The van der Waals surface area contributed by atoms with Gasteiger partial charge in [-0.2, -0.15) is 0 Å². The number of ether oxygens (including phenoxy) is 1. The number of imidazole rings is 1. The predicted octanol–water partition coefficient (Wildman–Crippen LogP) is 2.77. The van der Waals surface area contributed by atoms with E-state index in [1.54, 1.807) is 0 Å². The second-order valence-corrected chi connectivity index (χ2v) is 5.73. The van der Waals surface area contributed by atoms with Gasteiger partial charge in [-0.25, -0.2) is 0 Å². The van der Waals surface area contributed by atoms with E-state index in [9.17, 15) is 4.79 Å². The number of hydrogen-bond donors (Lipinski definition) is 2. The van der Waals surface area contributed by atoms with E-state index in [1.165, 1.54) is 0 Å². The fraction of sp³-hybridized carbons (Fsp3) is 0.467. The lowest BCUT2D eigenvalue weighted by Crippen LogP contribution is -2.29. The number of amides is 1. The van der Waals surface area contributed by atoms with Gasteiger partial charge in [-0.1, -0.05) is 13.0 Å². The summed E-state index contributed by atoms with van der Waals surface area (Å²) in [7, 11) is 0. The minimum absolute atomic E-state index is 0.123. The van der Waals surface area contributed by atoms with E-state index in [1.807, 2.05) is 22.8 Å². The Bertz CT molecular complexity index is 719. The largest absolute Gasteiger partial charge is 0.491 e. The van der Waals surface area contributed by atoms with Gasteiger partial charge in [0.1, 0.15) is 11.3 Å². The Morgan fingerprint density at radius 1 is 1.48 bits per heavy atom. The van der Waals surface area contributed by atoms with Crippen molar-refractivity contribution in [2.24, 2.45) is 0 Å². The molecule has 6 heteroatoms. The molecule has 2 N–H and O–H groups in total. The van der Waals surface area contributed by atoms with Crippen molar-refractivity contribution >= 4 is 29.2 Å². The summed E-state index contributed by atoms with van der Waals surface area (Å²) in [6.45, 7) is 3.46. The van der Waals surface area contributed by atoms with Crippen LogP contribution < -0.4 is 10.1 Å². The van der Waals surface area contributed by atoms with Gasteiger partial charge in [0.15, 0.2) is 4.77 Å². The zero-order valence-electron chi connectivity index (χ0n) is 12.0. The van der Waals surface area contributed by atoms with Crippen molar-refractivity contribution < 1.29 is 9.53 Å². The summed E-state index contributed by atoms with van der Waals surface area (Å²) in [6, 6.07) is 6.10. The van der Waals surface area contributed by atoms with Crippen molar-refractivity contribution in [2.75, 3.05) is 6.61 Å². The summed E-state index contributed by atoms with van der Waals surface area (Å²) < 4.78 is 8.47. The average molecular weight is 305 g/mol. The Morgan fingerprint density at radius 2 is 2.33 bits per heavy atom. The van der Waals surface area contributed by atoms with Crippen LogP contribution in [0.3, 0.4) is 0 Å². The highest BCUT2D eigenvalue weighted by atomic mass is 32.1. The molecule has 0 bridgehead atoms. The molecular weight excluding hydrogens is 286 g/mol. The van der Waals surface area contributed by atoms with E-state index < -0.39 is 0 Å². The van der Waals surface area contributed by atoms with Crippen LogP contribution in [0.2, 0.25) is 0 Å². The number of H-pyrrole nitrogens is 1. The lowest BCUT2D eigenvalue weighted by atomic mass is 10.2. The van der Waals surface area contributed by atoms with Crippen molar-refractivity contribution in [3.05, 3.63) is 23.0 Å². The number of fused-ring (bicyclic) bond motifs is 1. The molecule has 1 aliphatic rings. The molecule has 0 spiro atoms. The van der Waals surface area contributed by atoms with Gasteiger partial charge in [0.05, 0.1) is 12.1 Å². The molecule has 0 radical (unpaired) electrons. The van der Waals surface area contributed by atoms with Gasteiger partial charge in [-0.3, -0.25) is 4.79 Å². The van der Waals surface area contributed by atoms with Crippen LogP contribution in [0.1, 0.15) is 26.2 Å². The predicted molar refractivity (Wildman–Crippen MR) is 84.1 cm³/mol. The van der Waals surface area contributed by atoms with E-state index in [4.69, 9.17) is 17.0 Å². The fourth-order valence-electron chi connectivity index (χ4n) is 2.70. The summed E-state index contributed by atoms with van der Waals surface area (Å²) in [6.07, 6.45) is 2.43. The van der Waals surface area contributed by atoms with Crippen LogP contribution in [0.4, 0.5) is 0 Å². The molecule has 2 heterocycles. The maximum absolute atomic E-state index is 11.3. The monoisotopic (exact) mass is 305 g/mol. The fourth-order valence-corrected chi connectivity index (χ4v) is 2.98. The maximum atomic E-state index is 11.3. The van der Waals surface area contributed by atoms with Crippen molar-refractivity contribution in [3.63, 3.8) is 0 Å². The number of aromatic amines is 1. The molecule has 5 nitrogen and oxygen atoms in total. The highest BCUT2D eigenvalue weighted by molar-refractivity contribution is 7.71. The van der Waals surface area contributed by atoms with Gasteiger partial charge in [0.25, 0.3) is 0 Å². The summed E-state index contributed by atoms with van der Waals surface area (Å²) in [4.78, 5) is 14.6. The van der Waals surface area contributed by atoms with Gasteiger partial charge < -0.3 is 19.6 Å². The van der Waals surface area contributed by atoms with Gasteiger partial charge >= 0.3 is 0 Å². The quantitative estimate of drug-likeness (QED) is 0.835. The van der Waals surface area contributed by atoms with Crippen LogP contribution in [0.5, 0.6) is 5.75 Å². The standard InChI is InChI=1S/C15H19N3O2S/c1-2-8-20-12-5-3-4-11-14(12)17-15(21)18(11)9-10-6-7-13(19)16-10/h3-5,10H,2,6-9H2,1H3,(H,16,19)(H,17,21). The molecule has 0 saturated carbocycles. The number of aromatic nitrogens is 2. The highest BCUT2D eigenvalue weighted by Gasteiger charge is 2.22. The third-order valence-corrected chi connectivity index (χ3v) is 4.04. The molecule has 2 aromatic rings. The summed E-state index contributed by atoms with van der Waals surface area (Å²) in [5, 5.41) is 2.98. The van der Waals surface area contributed by atoms with Crippen molar-refractivity contribution in [1.29, 1.82) is 0 Å². The molecule has 1 fully saturated rings. The number of para-hydroxylation sites is 1. The second kappa shape index (κ2) is 5.89. The number of carbonyl (C=O) groups is 1. The highest BCUT2D eigenvalue weighted by Crippen LogP contribution is 2.26. The molecule has 3 rings (SSSR count). The zero-order chi connectivity index (χ0) is 14.8.